The van der Waals surface area contributed by atoms with Gasteiger partial charge in [-0.25, -0.2) is 0 Å². The third-order valence-electron chi connectivity index (χ3n) is 4.70. The molecule has 3 aliphatic carbocycles. The van der Waals surface area contributed by atoms with Gasteiger partial charge in [0, 0.05) is 5.92 Å². The van der Waals surface area contributed by atoms with E-state index in [1.54, 1.807) is 0 Å². The van der Waals surface area contributed by atoms with Crippen molar-refractivity contribution in [1.29, 1.82) is 0 Å². The zero-order chi connectivity index (χ0) is 9.54. The van der Waals surface area contributed by atoms with Gasteiger partial charge < -0.3 is 0 Å². The van der Waals surface area contributed by atoms with Crippen LogP contribution < -0.4 is 0 Å². The minimum absolute atomic E-state index is 0.749. The van der Waals surface area contributed by atoms with Gasteiger partial charge in [-0.15, -0.1) is 0 Å². The maximum atomic E-state index is 4.27. The second-order valence-electron chi connectivity index (χ2n) is 5.49. The number of hydrogen-bond acceptors (Lipinski definition) is 0. The fourth-order valence-corrected chi connectivity index (χ4v) is 3.99. The lowest BCUT2D eigenvalue weighted by molar-refractivity contribution is 0.280. The molecule has 0 heterocycles. The van der Waals surface area contributed by atoms with E-state index >= 15 is 0 Å². The van der Waals surface area contributed by atoms with Crippen molar-refractivity contribution in [3.63, 3.8) is 0 Å². The molecule has 76 valence electrons. The number of rotatable bonds is 1. The van der Waals surface area contributed by atoms with Gasteiger partial charge in [0.2, 0.25) is 0 Å². The van der Waals surface area contributed by atoms with Crippen molar-refractivity contribution in [1.82, 2.24) is 0 Å². The van der Waals surface area contributed by atoms with Crippen molar-refractivity contribution in [2.75, 3.05) is 0 Å². The maximum absolute atomic E-state index is 4.27. The van der Waals surface area contributed by atoms with Gasteiger partial charge in [0.05, 0.1) is 0 Å². The van der Waals surface area contributed by atoms with Crippen LogP contribution in [0.1, 0.15) is 38.5 Å². The quantitative estimate of drug-likeness (QED) is 0.547. The van der Waals surface area contributed by atoms with Gasteiger partial charge in [-0.3, -0.25) is 0 Å². The van der Waals surface area contributed by atoms with Gasteiger partial charge in [0.15, 0.2) is 0 Å². The molecule has 0 N–H and O–H groups in total. The third kappa shape index (κ3) is 1.27. The molecule has 2 fully saturated rings. The molecule has 0 radical (unpaired) electrons. The molecule has 2 bridgehead atoms. The molecule has 14 heavy (non-hydrogen) atoms. The van der Waals surface area contributed by atoms with E-state index in [4.69, 9.17) is 0 Å². The Morgan fingerprint density at radius 2 is 2.14 bits per heavy atom. The molecule has 0 aliphatic heterocycles. The van der Waals surface area contributed by atoms with Gasteiger partial charge >= 0.3 is 0 Å². The van der Waals surface area contributed by atoms with Crippen LogP contribution >= 0.6 is 0 Å². The van der Waals surface area contributed by atoms with Crippen molar-refractivity contribution in [3.8, 4) is 0 Å². The highest BCUT2D eigenvalue weighted by Gasteiger charge is 2.42. The highest BCUT2D eigenvalue weighted by Crippen LogP contribution is 2.53. The van der Waals surface area contributed by atoms with E-state index in [0.717, 1.165) is 23.7 Å². The molecular formula is C14H20. The van der Waals surface area contributed by atoms with E-state index in [0.29, 0.717) is 0 Å². The molecule has 3 rings (SSSR count). The first-order valence-corrected chi connectivity index (χ1v) is 6.19. The molecule has 4 unspecified atom stereocenters. The molecular weight excluding hydrogens is 168 g/mol. The summed E-state index contributed by atoms with van der Waals surface area (Å²) in [4.78, 5) is 0. The highest BCUT2D eigenvalue weighted by atomic mass is 14.5. The van der Waals surface area contributed by atoms with Crippen molar-refractivity contribution in [2.24, 2.45) is 23.7 Å². The second-order valence-corrected chi connectivity index (χ2v) is 5.49. The molecule has 0 heteroatoms. The van der Waals surface area contributed by atoms with Crippen LogP contribution in [0.5, 0.6) is 0 Å². The largest absolute Gasteiger partial charge is 0.0992 e. The van der Waals surface area contributed by atoms with Gasteiger partial charge in [0.25, 0.3) is 0 Å². The van der Waals surface area contributed by atoms with Crippen LogP contribution in [0.3, 0.4) is 0 Å². The lowest BCUT2D eigenvalue weighted by Crippen LogP contribution is -2.22. The second kappa shape index (κ2) is 3.25. The lowest BCUT2D eigenvalue weighted by atomic mass is 9.73. The Hall–Kier alpha value is -0.520. The summed E-state index contributed by atoms with van der Waals surface area (Å²) in [6, 6.07) is 0. The summed E-state index contributed by atoms with van der Waals surface area (Å²) < 4.78 is 0. The monoisotopic (exact) mass is 188 g/mol. The first-order chi connectivity index (χ1) is 6.84. The minimum atomic E-state index is 0.749. The zero-order valence-corrected chi connectivity index (χ0v) is 8.91. The molecule has 0 aromatic heterocycles. The van der Waals surface area contributed by atoms with Crippen molar-refractivity contribution >= 4 is 0 Å². The summed E-state index contributed by atoms with van der Waals surface area (Å²) in [5.41, 5.74) is 1.52. The van der Waals surface area contributed by atoms with E-state index in [1.165, 1.54) is 44.1 Å². The summed E-state index contributed by atoms with van der Waals surface area (Å²) in [7, 11) is 0. The van der Waals surface area contributed by atoms with Gasteiger partial charge in [-0.05, 0) is 49.9 Å². The lowest BCUT2D eigenvalue weighted by Gasteiger charge is -2.31. The standard InChI is InChI=1S/C14H20/c1-10-4-2-3-5-13(10)14-9-11-6-7-12(14)8-11/h3,5,11-14H,1-2,4,6-9H2. The van der Waals surface area contributed by atoms with E-state index < -0.39 is 0 Å². The van der Waals surface area contributed by atoms with Crippen LogP contribution in [-0.4, -0.2) is 0 Å². The summed E-state index contributed by atoms with van der Waals surface area (Å²) in [6.07, 6.45) is 13.4. The molecule has 2 saturated carbocycles. The Morgan fingerprint density at radius 3 is 2.79 bits per heavy atom. The fourth-order valence-electron chi connectivity index (χ4n) is 3.99. The average Bonchev–Trinajstić information content (AvgIpc) is 2.79. The molecule has 4 atom stereocenters. The summed E-state index contributed by atoms with van der Waals surface area (Å²) in [5.74, 6) is 3.84. The molecule has 0 aromatic rings. The molecule has 0 nitrogen and oxygen atoms in total. The van der Waals surface area contributed by atoms with Crippen LogP contribution in [0.15, 0.2) is 24.3 Å². The topological polar surface area (TPSA) is 0 Å². The molecule has 0 saturated heterocycles. The number of hydrogen-bond donors (Lipinski definition) is 0. The van der Waals surface area contributed by atoms with Crippen LogP contribution in [0.4, 0.5) is 0 Å². The predicted molar refractivity (Wildman–Crippen MR) is 59.9 cm³/mol. The Morgan fingerprint density at radius 1 is 1.21 bits per heavy atom. The Bertz CT molecular complexity index is 274. The Labute approximate surface area is 87.1 Å². The maximum Gasteiger partial charge on any atom is 0.000518 e. The van der Waals surface area contributed by atoms with Gasteiger partial charge in [-0.1, -0.05) is 30.7 Å². The van der Waals surface area contributed by atoms with E-state index in [9.17, 15) is 0 Å². The van der Waals surface area contributed by atoms with Crippen LogP contribution in [-0.2, 0) is 0 Å². The summed E-state index contributed by atoms with van der Waals surface area (Å²) in [5, 5.41) is 0. The third-order valence-corrected chi connectivity index (χ3v) is 4.70. The average molecular weight is 188 g/mol. The van der Waals surface area contributed by atoms with Crippen LogP contribution in [0.25, 0.3) is 0 Å². The zero-order valence-electron chi connectivity index (χ0n) is 8.91. The first kappa shape index (κ1) is 8.76. The van der Waals surface area contributed by atoms with E-state index in [-0.39, 0.29) is 0 Å². The van der Waals surface area contributed by atoms with E-state index in [2.05, 4.69) is 18.7 Å². The normalized spacial score (nSPS) is 46.1. The SMILES string of the molecule is C=C1CCC=CC1C1CC2CCC1C2. The molecule has 0 amide bonds. The van der Waals surface area contributed by atoms with Crippen LogP contribution in [0, 0.1) is 23.7 Å². The van der Waals surface area contributed by atoms with Crippen molar-refractivity contribution in [2.45, 2.75) is 38.5 Å². The fraction of sp³-hybridized carbons (Fsp3) is 0.714. The first-order valence-electron chi connectivity index (χ1n) is 6.19. The van der Waals surface area contributed by atoms with Crippen LogP contribution in [0.2, 0.25) is 0 Å². The van der Waals surface area contributed by atoms with Gasteiger partial charge in [-0.2, -0.15) is 0 Å². The predicted octanol–water partition coefficient (Wildman–Crippen LogP) is 3.95. The van der Waals surface area contributed by atoms with Gasteiger partial charge in [0.1, 0.15) is 0 Å². The molecule has 0 aromatic carbocycles. The Kier molecular flexibility index (Phi) is 2.04. The highest BCUT2D eigenvalue weighted by molar-refractivity contribution is 5.18. The van der Waals surface area contributed by atoms with Crippen molar-refractivity contribution < 1.29 is 0 Å². The Balaban J connectivity index is 1.78. The molecule has 0 spiro atoms. The smallest absolute Gasteiger partial charge is 0.000518 e. The number of fused-ring (bicyclic) bond motifs is 2. The summed E-state index contributed by atoms with van der Waals surface area (Å²) >= 11 is 0. The minimum Gasteiger partial charge on any atom is -0.0992 e. The van der Waals surface area contributed by atoms with Crippen molar-refractivity contribution in [3.05, 3.63) is 24.3 Å². The summed E-state index contributed by atoms with van der Waals surface area (Å²) in [6.45, 7) is 4.27. The van der Waals surface area contributed by atoms with E-state index in [1.807, 2.05) is 0 Å². The molecule has 3 aliphatic rings. The number of allylic oxidation sites excluding steroid dienone is 3.